The number of thioether (sulfide) groups is 1. The number of carbonyl (C=O) groups is 1. The Hall–Kier alpha value is 0.0200. The largest absolute Gasteiger partial charge is 0.300 e. The Balaban J connectivity index is 2.02. The van der Waals surface area contributed by atoms with E-state index in [4.69, 9.17) is 0 Å². The fraction of sp³-hybridized carbons (Fsp3) is 0.900. The van der Waals surface area contributed by atoms with Crippen molar-refractivity contribution in [1.82, 2.24) is 0 Å². The highest BCUT2D eigenvalue weighted by Gasteiger charge is 2.37. The summed E-state index contributed by atoms with van der Waals surface area (Å²) in [5.74, 6) is 1.79. The molecule has 2 aliphatic rings. The van der Waals surface area contributed by atoms with Crippen LogP contribution >= 0.6 is 11.8 Å². The Kier molecular flexibility index (Phi) is 2.44. The van der Waals surface area contributed by atoms with E-state index in [1.165, 1.54) is 31.4 Å². The Morgan fingerprint density at radius 3 is 2.67 bits per heavy atom. The Labute approximate surface area is 78.3 Å². The van der Waals surface area contributed by atoms with Gasteiger partial charge in [0.15, 0.2) is 0 Å². The van der Waals surface area contributed by atoms with Crippen molar-refractivity contribution in [3.63, 3.8) is 0 Å². The number of carbonyl (C=O) groups excluding carboxylic acids is 1. The van der Waals surface area contributed by atoms with Gasteiger partial charge in [-0.25, -0.2) is 0 Å². The van der Waals surface area contributed by atoms with Gasteiger partial charge in [-0.3, -0.25) is 4.79 Å². The van der Waals surface area contributed by atoms with Gasteiger partial charge in [-0.1, -0.05) is 6.42 Å². The number of rotatable bonds is 0. The first-order chi connectivity index (χ1) is 5.81. The van der Waals surface area contributed by atoms with Gasteiger partial charge >= 0.3 is 0 Å². The van der Waals surface area contributed by atoms with Crippen LogP contribution in [0.5, 0.6) is 0 Å². The zero-order valence-corrected chi connectivity index (χ0v) is 8.29. The molecule has 1 spiro atoms. The van der Waals surface area contributed by atoms with Crippen molar-refractivity contribution in [2.75, 3.05) is 5.75 Å². The topological polar surface area (TPSA) is 17.1 Å². The minimum atomic E-state index is 0.396. The quantitative estimate of drug-likeness (QED) is 0.576. The van der Waals surface area contributed by atoms with Crippen molar-refractivity contribution < 1.29 is 4.79 Å². The summed E-state index contributed by atoms with van der Waals surface area (Å²) in [6, 6.07) is 0. The minimum absolute atomic E-state index is 0.396. The van der Waals surface area contributed by atoms with Crippen molar-refractivity contribution in [3.05, 3.63) is 0 Å². The van der Waals surface area contributed by atoms with Crippen molar-refractivity contribution in [2.45, 2.75) is 49.7 Å². The molecule has 0 radical (unpaired) electrons. The molecule has 1 aliphatic heterocycles. The maximum Gasteiger partial charge on any atom is 0.134 e. The van der Waals surface area contributed by atoms with Crippen LogP contribution < -0.4 is 0 Å². The molecule has 1 atom stereocenters. The molecule has 0 N–H and O–H groups in total. The summed E-state index contributed by atoms with van der Waals surface area (Å²) in [5, 5.41) is 0. The second-order valence-corrected chi connectivity index (χ2v) is 5.62. The number of hydrogen-bond acceptors (Lipinski definition) is 2. The van der Waals surface area contributed by atoms with Crippen LogP contribution in [-0.4, -0.2) is 16.3 Å². The minimum Gasteiger partial charge on any atom is -0.300 e. The average Bonchev–Trinajstić information content (AvgIpc) is 2.05. The summed E-state index contributed by atoms with van der Waals surface area (Å²) in [5.41, 5.74) is 0. The van der Waals surface area contributed by atoms with Gasteiger partial charge in [0.1, 0.15) is 5.78 Å². The maximum absolute atomic E-state index is 11.3. The Bertz CT molecular complexity index is 177. The molecule has 0 aromatic carbocycles. The smallest absolute Gasteiger partial charge is 0.134 e. The first-order valence-corrected chi connectivity index (χ1v) is 5.95. The van der Waals surface area contributed by atoms with E-state index in [2.05, 4.69) is 11.8 Å². The first-order valence-electron chi connectivity index (χ1n) is 4.96. The lowest BCUT2D eigenvalue weighted by atomic mass is 9.83. The van der Waals surface area contributed by atoms with E-state index in [0.29, 0.717) is 10.5 Å². The maximum atomic E-state index is 11.3. The summed E-state index contributed by atoms with van der Waals surface area (Å²) < 4.78 is 0.396. The standard InChI is InChI=1S/C10H16OS/c11-9-4-3-6-10(8-9)5-1-2-7-12-10/h1-8H2. The third kappa shape index (κ3) is 1.68. The summed E-state index contributed by atoms with van der Waals surface area (Å²) in [6.45, 7) is 0. The zero-order chi connectivity index (χ0) is 8.44. The van der Waals surface area contributed by atoms with Crippen LogP contribution in [0.3, 0.4) is 0 Å². The molecule has 0 bridgehead atoms. The van der Waals surface area contributed by atoms with E-state index in [9.17, 15) is 4.79 Å². The van der Waals surface area contributed by atoms with Crippen LogP contribution in [-0.2, 0) is 4.79 Å². The lowest BCUT2D eigenvalue weighted by molar-refractivity contribution is -0.121. The van der Waals surface area contributed by atoms with Crippen molar-refractivity contribution in [1.29, 1.82) is 0 Å². The third-order valence-electron chi connectivity index (χ3n) is 3.04. The Morgan fingerprint density at radius 1 is 1.17 bits per heavy atom. The van der Waals surface area contributed by atoms with E-state index in [-0.39, 0.29) is 0 Å². The predicted octanol–water partition coefficient (Wildman–Crippen LogP) is 2.79. The molecule has 0 amide bonds. The molecule has 1 unspecified atom stereocenters. The predicted molar refractivity (Wildman–Crippen MR) is 52.5 cm³/mol. The van der Waals surface area contributed by atoms with Crippen LogP contribution in [0.2, 0.25) is 0 Å². The number of Topliss-reactive ketones (excluding diaryl/α,β-unsaturated/α-hetero) is 1. The van der Waals surface area contributed by atoms with Gasteiger partial charge in [-0.15, -0.1) is 0 Å². The van der Waals surface area contributed by atoms with Gasteiger partial charge in [-0.2, -0.15) is 11.8 Å². The van der Waals surface area contributed by atoms with Gasteiger partial charge in [0, 0.05) is 17.6 Å². The SMILES string of the molecule is O=C1CCCC2(CCCCS2)C1. The molecule has 2 rings (SSSR count). The van der Waals surface area contributed by atoms with E-state index < -0.39 is 0 Å². The normalized spacial score (nSPS) is 37.2. The fourth-order valence-corrected chi connectivity index (χ4v) is 4.01. The molecule has 1 heterocycles. The summed E-state index contributed by atoms with van der Waals surface area (Å²) in [6.07, 6.45) is 8.17. The molecule has 0 aromatic heterocycles. The molecular formula is C10H16OS. The molecule has 2 fully saturated rings. The summed E-state index contributed by atoms with van der Waals surface area (Å²) in [4.78, 5) is 11.3. The molecular weight excluding hydrogens is 168 g/mol. The van der Waals surface area contributed by atoms with Crippen LogP contribution in [0.4, 0.5) is 0 Å². The summed E-state index contributed by atoms with van der Waals surface area (Å²) in [7, 11) is 0. The molecule has 1 nitrogen and oxygen atoms in total. The number of ketones is 1. The van der Waals surface area contributed by atoms with E-state index in [0.717, 1.165) is 19.3 Å². The highest BCUT2D eigenvalue weighted by Crippen LogP contribution is 2.45. The van der Waals surface area contributed by atoms with Crippen molar-refractivity contribution in [2.24, 2.45) is 0 Å². The van der Waals surface area contributed by atoms with E-state index in [1.807, 2.05) is 0 Å². The second kappa shape index (κ2) is 3.41. The number of hydrogen-bond donors (Lipinski definition) is 0. The van der Waals surface area contributed by atoms with E-state index in [1.54, 1.807) is 0 Å². The molecule has 68 valence electrons. The molecule has 1 aliphatic carbocycles. The monoisotopic (exact) mass is 184 g/mol. The van der Waals surface area contributed by atoms with Gasteiger partial charge in [-0.05, 0) is 31.4 Å². The van der Waals surface area contributed by atoms with Crippen LogP contribution in [0.1, 0.15) is 44.9 Å². The molecule has 12 heavy (non-hydrogen) atoms. The second-order valence-electron chi connectivity index (χ2n) is 4.06. The Morgan fingerprint density at radius 2 is 2.00 bits per heavy atom. The highest BCUT2D eigenvalue weighted by molar-refractivity contribution is 8.00. The third-order valence-corrected chi connectivity index (χ3v) is 4.70. The molecule has 0 aromatic rings. The van der Waals surface area contributed by atoms with Crippen LogP contribution in [0.25, 0.3) is 0 Å². The average molecular weight is 184 g/mol. The van der Waals surface area contributed by atoms with Crippen molar-refractivity contribution in [3.8, 4) is 0 Å². The molecule has 1 saturated heterocycles. The molecule has 2 heteroatoms. The summed E-state index contributed by atoms with van der Waals surface area (Å²) >= 11 is 2.07. The van der Waals surface area contributed by atoms with Crippen LogP contribution in [0.15, 0.2) is 0 Å². The highest BCUT2D eigenvalue weighted by atomic mass is 32.2. The van der Waals surface area contributed by atoms with Gasteiger partial charge in [0.25, 0.3) is 0 Å². The lowest BCUT2D eigenvalue weighted by Gasteiger charge is -2.38. The van der Waals surface area contributed by atoms with Crippen molar-refractivity contribution >= 4 is 17.5 Å². The van der Waals surface area contributed by atoms with Gasteiger partial charge < -0.3 is 0 Å². The van der Waals surface area contributed by atoms with Gasteiger partial charge in [0.05, 0.1) is 0 Å². The zero-order valence-electron chi connectivity index (χ0n) is 7.47. The fourth-order valence-electron chi connectivity index (χ4n) is 2.39. The van der Waals surface area contributed by atoms with Gasteiger partial charge in [0.2, 0.25) is 0 Å². The van der Waals surface area contributed by atoms with E-state index >= 15 is 0 Å². The lowest BCUT2D eigenvalue weighted by Crippen LogP contribution is -2.34. The molecule has 1 saturated carbocycles. The first kappa shape index (κ1) is 8.61. The van der Waals surface area contributed by atoms with Crippen LogP contribution in [0, 0.1) is 0 Å².